The lowest BCUT2D eigenvalue weighted by molar-refractivity contribution is -0.118. The van der Waals surface area contributed by atoms with Crippen LogP contribution in [0.5, 0.6) is 5.75 Å². The monoisotopic (exact) mass is 355 g/mol. The van der Waals surface area contributed by atoms with Gasteiger partial charge in [-0.15, -0.1) is 0 Å². The van der Waals surface area contributed by atoms with Gasteiger partial charge in [0, 0.05) is 10.2 Å². The number of carbonyl (C=O) groups excluding carboxylic acids is 1. The van der Waals surface area contributed by atoms with E-state index in [0.29, 0.717) is 10.2 Å². The Morgan fingerprint density at radius 2 is 2.05 bits per heavy atom. The van der Waals surface area contributed by atoms with Crippen LogP contribution in [0.3, 0.4) is 0 Å². The van der Waals surface area contributed by atoms with E-state index < -0.39 is 24.1 Å². The van der Waals surface area contributed by atoms with E-state index in [-0.39, 0.29) is 5.75 Å². The van der Waals surface area contributed by atoms with Gasteiger partial charge in [0.1, 0.15) is 0 Å². The van der Waals surface area contributed by atoms with Crippen molar-refractivity contribution in [1.82, 2.24) is 0 Å². The number of benzene rings is 2. The summed E-state index contributed by atoms with van der Waals surface area (Å²) in [4.78, 5) is 11.7. The van der Waals surface area contributed by atoms with Crippen molar-refractivity contribution >= 4 is 27.5 Å². The van der Waals surface area contributed by atoms with E-state index in [1.165, 1.54) is 6.07 Å². The summed E-state index contributed by atoms with van der Waals surface area (Å²) in [7, 11) is 0. The number of amides is 1. The number of aryl methyl sites for hydroxylation is 1. The van der Waals surface area contributed by atoms with E-state index in [1.807, 2.05) is 13.0 Å². The van der Waals surface area contributed by atoms with E-state index >= 15 is 0 Å². The smallest absolute Gasteiger partial charge is 0.262 e. The van der Waals surface area contributed by atoms with Gasteiger partial charge in [-0.2, -0.15) is 4.39 Å². The largest absolute Gasteiger partial charge is 0.481 e. The molecule has 0 fully saturated rings. The average molecular weight is 356 g/mol. The first-order chi connectivity index (χ1) is 9.95. The van der Waals surface area contributed by atoms with Crippen LogP contribution in [-0.2, 0) is 4.79 Å². The molecule has 1 amide bonds. The molecular formula is C15H12BrF2NO2. The van der Waals surface area contributed by atoms with Gasteiger partial charge in [0.05, 0.1) is 0 Å². The number of rotatable bonds is 4. The second-order valence-electron chi connectivity index (χ2n) is 4.41. The quantitative estimate of drug-likeness (QED) is 0.840. The highest BCUT2D eigenvalue weighted by atomic mass is 79.9. The summed E-state index contributed by atoms with van der Waals surface area (Å²) in [5.74, 6) is -2.94. The van der Waals surface area contributed by atoms with Gasteiger partial charge in [-0.3, -0.25) is 4.79 Å². The van der Waals surface area contributed by atoms with Gasteiger partial charge in [-0.1, -0.05) is 28.1 Å². The SMILES string of the molecule is Cc1cccc(NC(=O)COc2cc(Br)cc(F)c2F)c1. The predicted octanol–water partition coefficient (Wildman–Crippen LogP) is 4.05. The minimum atomic E-state index is -1.12. The summed E-state index contributed by atoms with van der Waals surface area (Å²) < 4.78 is 32.0. The van der Waals surface area contributed by atoms with Crippen LogP contribution in [0.4, 0.5) is 14.5 Å². The fourth-order valence-corrected chi connectivity index (χ4v) is 2.11. The summed E-state index contributed by atoms with van der Waals surface area (Å²) >= 11 is 3.03. The Bertz CT molecular complexity index is 677. The molecule has 110 valence electrons. The minimum Gasteiger partial charge on any atom is -0.481 e. The van der Waals surface area contributed by atoms with Crippen molar-refractivity contribution in [3.05, 3.63) is 58.1 Å². The Kier molecular flexibility index (Phi) is 4.90. The maximum atomic E-state index is 13.5. The Morgan fingerprint density at radius 1 is 1.29 bits per heavy atom. The zero-order valence-corrected chi connectivity index (χ0v) is 12.7. The topological polar surface area (TPSA) is 38.3 Å². The predicted molar refractivity (Wildman–Crippen MR) is 79.4 cm³/mol. The third-order valence-corrected chi connectivity index (χ3v) is 3.08. The maximum absolute atomic E-state index is 13.5. The molecule has 0 aromatic heterocycles. The molecule has 0 saturated carbocycles. The zero-order valence-electron chi connectivity index (χ0n) is 11.1. The fraction of sp³-hybridized carbons (Fsp3) is 0.133. The van der Waals surface area contributed by atoms with E-state index in [0.717, 1.165) is 11.6 Å². The minimum absolute atomic E-state index is 0.318. The van der Waals surface area contributed by atoms with Crippen molar-refractivity contribution in [1.29, 1.82) is 0 Å². The Balaban J connectivity index is 1.98. The summed E-state index contributed by atoms with van der Waals surface area (Å²) in [5, 5.41) is 2.61. The average Bonchev–Trinajstić information content (AvgIpc) is 2.41. The standard InChI is InChI=1S/C15H12BrF2NO2/c1-9-3-2-4-11(5-9)19-14(20)8-21-13-7-10(16)6-12(17)15(13)18/h2-7H,8H2,1H3,(H,19,20). The molecule has 21 heavy (non-hydrogen) atoms. The highest BCUT2D eigenvalue weighted by Crippen LogP contribution is 2.25. The van der Waals surface area contributed by atoms with Gasteiger partial charge < -0.3 is 10.1 Å². The number of carbonyl (C=O) groups is 1. The van der Waals surface area contributed by atoms with Gasteiger partial charge in [0.15, 0.2) is 18.2 Å². The van der Waals surface area contributed by atoms with Crippen LogP contribution in [0.2, 0.25) is 0 Å². The first kappa shape index (κ1) is 15.4. The first-order valence-electron chi connectivity index (χ1n) is 6.09. The van der Waals surface area contributed by atoms with Gasteiger partial charge in [-0.25, -0.2) is 4.39 Å². The van der Waals surface area contributed by atoms with Crippen molar-refractivity contribution in [3.8, 4) is 5.75 Å². The molecule has 0 radical (unpaired) electrons. The molecule has 0 heterocycles. The molecule has 0 atom stereocenters. The molecule has 0 aliphatic carbocycles. The number of hydrogen-bond donors (Lipinski definition) is 1. The van der Waals surface area contributed by atoms with Crippen molar-refractivity contribution < 1.29 is 18.3 Å². The molecule has 2 aromatic carbocycles. The van der Waals surface area contributed by atoms with E-state index in [1.54, 1.807) is 18.2 Å². The number of hydrogen-bond acceptors (Lipinski definition) is 2. The third kappa shape index (κ3) is 4.26. The van der Waals surface area contributed by atoms with Gasteiger partial charge in [-0.05, 0) is 36.8 Å². The van der Waals surface area contributed by atoms with Crippen LogP contribution in [0.1, 0.15) is 5.56 Å². The Hall–Kier alpha value is -1.95. The van der Waals surface area contributed by atoms with Gasteiger partial charge >= 0.3 is 0 Å². The molecule has 6 heteroatoms. The number of ether oxygens (including phenoxy) is 1. The lowest BCUT2D eigenvalue weighted by Gasteiger charge is -2.09. The van der Waals surface area contributed by atoms with Crippen molar-refractivity contribution in [3.63, 3.8) is 0 Å². The highest BCUT2D eigenvalue weighted by molar-refractivity contribution is 9.10. The number of halogens is 3. The van der Waals surface area contributed by atoms with Crippen LogP contribution >= 0.6 is 15.9 Å². The van der Waals surface area contributed by atoms with Gasteiger partial charge in [0.2, 0.25) is 5.82 Å². The number of nitrogens with one attached hydrogen (secondary N) is 1. The van der Waals surface area contributed by atoms with E-state index in [9.17, 15) is 13.6 Å². The molecule has 0 spiro atoms. The van der Waals surface area contributed by atoms with Gasteiger partial charge in [0.25, 0.3) is 5.91 Å². The molecular weight excluding hydrogens is 344 g/mol. The van der Waals surface area contributed by atoms with Crippen molar-refractivity contribution in [2.45, 2.75) is 6.92 Å². The highest BCUT2D eigenvalue weighted by Gasteiger charge is 2.13. The normalized spacial score (nSPS) is 10.3. The van der Waals surface area contributed by atoms with Crippen molar-refractivity contribution in [2.24, 2.45) is 0 Å². The summed E-state index contributed by atoms with van der Waals surface area (Å²) in [6.45, 7) is 1.48. The summed E-state index contributed by atoms with van der Waals surface area (Å²) in [6, 6.07) is 9.45. The lowest BCUT2D eigenvalue weighted by Crippen LogP contribution is -2.20. The van der Waals surface area contributed by atoms with Crippen LogP contribution in [0.15, 0.2) is 40.9 Å². The second-order valence-corrected chi connectivity index (χ2v) is 5.32. The summed E-state index contributed by atoms with van der Waals surface area (Å²) in [6.07, 6.45) is 0. The molecule has 0 aliphatic rings. The maximum Gasteiger partial charge on any atom is 0.262 e. The molecule has 0 saturated heterocycles. The molecule has 0 bridgehead atoms. The zero-order chi connectivity index (χ0) is 15.4. The molecule has 3 nitrogen and oxygen atoms in total. The Morgan fingerprint density at radius 3 is 2.76 bits per heavy atom. The van der Waals surface area contributed by atoms with Crippen molar-refractivity contribution in [2.75, 3.05) is 11.9 Å². The lowest BCUT2D eigenvalue weighted by atomic mass is 10.2. The molecule has 0 unspecified atom stereocenters. The first-order valence-corrected chi connectivity index (χ1v) is 6.89. The second kappa shape index (κ2) is 6.67. The van der Waals surface area contributed by atoms with Crippen LogP contribution < -0.4 is 10.1 Å². The fourth-order valence-electron chi connectivity index (χ4n) is 1.70. The summed E-state index contributed by atoms with van der Waals surface area (Å²) in [5.41, 5.74) is 1.61. The van der Waals surface area contributed by atoms with E-state index in [2.05, 4.69) is 21.2 Å². The van der Waals surface area contributed by atoms with E-state index in [4.69, 9.17) is 4.74 Å². The Labute approximate surface area is 129 Å². The molecule has 0 aliphatic heterocycles. The van der Waals surface area contributed by atoms with Crippen LogP contribution in [0.25, 0.3) is 0 Å². The molecule has 2 rings (SSSR count). The third-order valence-electron chi connectivity index (χ3n) is 2.62. The van der Waals surface area contributed by atoms with Crippen LogP contribution in [0, 0.1) is 18.6 Å². The number of anilines is 1. The molecule has 1 N–H and O–H groups in total. The van der Waals surface area contributed by atoms with Crippen LogP contribution in [-0.4, -0.2) is 12.5 Å². The molecule has 2 aromatic rings.